The Balaban J connectivity index is 2.41. The molecular weight excluding hydrogens is 172 g/mol. The maximum Gasteiger partial charge on any atom is 0.243 e. The van der Waals surface area contributed by atoms with Crippen molar-refractivity contribution in [2.24, 2.45) is 7.05 Å². The zero-order chi connectivity index (χ0) is 10.4. The molecule has 1 rings (SSSR count). The largest absolute Gasteiger partial charge is 0.243 e. The van der Waals surface area contributed by atoms with Gasteiger partial charge in [0.25, 0.3) is 0 Å². The molecule has 0 amide bonds. The second kappa shape index (κ2) is 5.84. The summed E-state index contributed by atoms with van der Waals surface area (Å²) in [5, 5.41) is 0. The van der Waals surface area contributed by atoms with Gasteiger partial charge in [-0.2, -0.15) is 0 Å². The first-order valence-corrected chi connectivity index (χ1v) is 5.82. The Morgan fingerprint density at radius 3 is 2.64 bits per heavy atom. The van der Waals surface area contributed by atoms with Crippen LogP contribution < -0.4 is 4.57 Å². The molecule has 0 N–H and O–H groups in total. The molecule has 0 aromatic carbocycles. The molecule has 0 unspecified atom stereocenters. The van der Waals surface area contributed by atoms with E-state index in [0.717, 1.165) is 6.42 Å². The van der Waals surface area contributed by atoms with Gasteiger partial charge in [-0.25, -0.2) is 9.13 Å². The van der Waals surface area contributed by atoms with E-state index in [0.29, 0.717) is 0 Å². The molecule has 14 heavy (non-hydrogen) atoms. The lowest BCUT2D eigenvalue weighted by Gasteiger charge is -1.99. The van der Waals surface area contributed by atoms with Crippen LogP contribution in [0.2, 0.25) is 0 Å². The van der Waals surface area contributed by atoms with Gasteiger partial charge < -0.3 is 0 Å². The van der Waals surface area contributed by atoms with Crippen LogP contribution in [0.4, 0.5) is 0 Å². The second-order valence-electron chi connectivity index (χ2n) is 4.01. The van der Waals surface area contributed by atoms with Gasteiger partial charge in [-0.3, -0.25) is 0 Å². The molecule has 0 saturated carbocycles. The van der Waals surface area contributed by atoms with E-state index >= 15 is 0 Å². The highest BCUT2D eigenvalue weighted by Crippen LogP contribution is 2.04. The Morgan fingerprint density at radius 2 is 2.00 bits per heavy atom. The maximum absolute atomic E-state index is 2.38. The van der Waals surface area contributed by atoms with Crippen LogP contribution in [-0.2, 0) is 20.0 Å². The van der Waals surface area contributed by atoms with Crippen LogP contribution in [0.1, 0.15) is 45.2 Å². The zero-order valence-corrected chi connectivity index (χ0v) is 9.79. The molecule has 0 fully saturated rings. The van der Waals surface area contributed by atoms with Crippen LogP contribution in [0.3, 0.4) is 0 Å². The molecule has 1 heterocycles. The average molecular weight is 195 g/mol. The molecule has 0 spiro atoms. The number of nitrogens with zero attached hydrogens (tertiary/aromatic N) is 2. The van der Waals surface area contributed by atoms with Crippen LogP contribution in [-0.4, -0.2) is 4.57 Å². The number of aryl methyl sites for hydroxylation is 3. The number of imidazole rings is 1. The highest BCUT2D eigenvalue weighted by molar-refractivity contribution is 4.92. The minimum Gasteiger partial charge on any atom is -0.239 e. The summed E-state index contributed by atoms with van der Waals surface area (Å²) < 4.78 is 4.54. The Labute approximate surface area is 87.6 Å². The van der Waals surface area contributed by atoms with Crippen molar-refractivity contribution in [2.75, 3.05) is 0 Å². The van der Waals surface area contributed by atoms with Crippen molar-refractivity contribution in [2.45, 2.75) is 52.5 Å². The number of rotatable bonds is 6. The summed E-state index contributed by atoms with van der Waals surface area (Å²) in [5.41, 5.74) is 1.45. The SMILES string of the molecule is CCCCCCn1c[n+](C)cc1CC. The van der Waals surface area contributed by atoms with Crippen LogP contribution in [0.5, 0.6) is 0 Å². The molecule has 1 aromatic rings. The first-order chi connectivity index (χ1) is 6.77. The lowest BCUT2D eigenvalue weighted by atomic mass is 10.2. The van der Waals surface area contributed by atoms with E-state index in [4.69, 9.17) is 0 Å². The fourth-order valence-corrected chi connectivity index (χ4v) is 1.84. The van der Waals surface area contributed by atoms with Gasteiger partial charge in [0, 0.05) is 6.42 Å². The lowest BCUT2D eigenvalue weighted by Crippen LogP contribution is -2.23. The summed E-state index contributed by atoms with van der Waals surface area (Å²) in [6.07, 6.45) is 10.9. The molecule has 1 aromatic heterocycles. The molecule has 0 aliphatic carbocycles. The van der Waals surface area contributed by atoms with Crippen molar-refractivity contribution in [3.8, 4) is 0 Å². The predicted octanol–water partition coefficient (Wildman–Crippen LogP) is 2.46. The van der Waals surface area contributed by atoms with Gasteiger partial charge in [0.1, 0.15) is 11.9 Å². The van der Waals surface area contributed by atoms with Gasteiger partial charge in [-0.15, -0.1) is 0 Å². The van der Waals surface area contributed by atoms with Gasteiger partial charge in [0.05, 0.1) is 13.6 Å². The molecule has 0 aliphatic heterocycles. The van der Waals surface area contributed by atoms with Crippen LogP contribution in [0.15, 0.2) is 12.5 Å². The van der Waals surface area contributed by atoms with Crippen molar-refractivity contribution in [3.63, 3.8) is 0 Å². The zero-order valence-electron chi connectivity index (χ0n) is 9.79. The van der Waals surface area contributed by atoms with Crippen molar-refractivity contribution >= 4 is 0 Å². The first kappa shape index (κ1) is 11.3. The Hall–Kier alpha value is -0.790. The maximum atomic E-state index is 2.38. The monoisotopic (exact) mass is 195 g/mol. The number of hydrogen-bond donors (Lipinski definition) is 0. The molecule has 80 valence electrons. The van der Waals surface area contributed by atoms with Gasteiger partial charge in [0.15, 0.2) is 0 Å². The molecule has 0 atom stereocenters. The summed E-state index contributed by atoms with van der Waals surface area (Å²) in [7, 11) is 2.10. The minimum atomic E-state index is 1.13. The van der Waals surface area contributed by atoms with Crippen molar-refractivity contribution in [1.82, 2.24) is 4.57 Å². The fourth-order valence-electron chi connectivity index (χ4n) is 1.84. The van der Waals surface area contributed by atoms with E-state index in [2.05, 4.69) is 42.6 Å². The normalized spacial score (nSPS) is 10.8. The summed E-state index contributed by atoms with van der Waals surface area (Å²) in [6.45, 7) is 5.66. The molecule has 0 bridgehead atoms. The molecule has 0 saturated heterocycles. The predicted molar refractivity (Wildman–Crippen MR) is 59.1 cm³/mol. The highest BCUT2D eigenvalue weighted by atomic mass is 15.1. The summed E-state index contributed by atoms with van der Waals surface area (Å²) in [6, 6.07) is 0. The quantitative estimate of drug-likeness (QED) is 0.487. The van der Waals surface area contributed by atoms with E-state index in [1.165, 1.54) is 37.9 Å². The first-order valence-electron chi connectivity index (χ1n) is 5.82. The summed E-state index contributed by atoms with van der Waals surface area (Å²) in [5.74, 6) is 0. The Morgan fingerprint density at radius 1 is 1.21 bits per heavy atom. The topological polar surface area (TPSA) is 8.81 Å². The molecular formula is C12H23N2+. The van der Waals surface area contributed by atoms with Crippen LogP contribution in [0.25, 0.3) is 0 Å². The third-order valence-corrected chi connectivity index (χ3v) is 2.66. The average Bonchev–Trinajstić information content (AvgIpc) is 2.54. The highest BCUT2D eigenvalue weighted by Gasteiger charge is 2.08. The Bertz CT molecular complexity index is 263. The van der Waals surface area contributed by atoms with Crippen LogP contribution >= 0.6 is 0 Å². The fraction of sp³-hybridized carbons (Fsp3) is 0.750. The number of aromatic nitrogens is 2. The van der Waals surface area contributed by atoms with E-state index in [1.807, 2.05) is 0 Å². The van der Waals surface area contributed by atoms with E-state index in [1.54, 1.807) is 0 Å². The van der Waals surface area contributed by atoms with Gasteiger partial charge >= 0.3 is 0 Å². The molecule has 2 nitrogen and oxygen atoms in total. The Kier molecular flexibility index (Phi) is 4.71. The van der Waals surface area contributed by atoms with Gasteiger partial charge in [-0.05, 0) is 12.8 Å². The van der Waals surface area contributed by atoms with Gasteiger partial charge in [0.2, 0.25) is 6.33 Å². The second-order valence-corrected chi connectivity index (χ2v) is 4.01. The molecule has 2 heteroatoms. The van der Waals surface area contributed by atoms with E-state index in [-0.39, 0.29) is 0 Å². The lowest BCUT2D eigenvalue weighted by molar-refractivity contribution is -0.671. The van der Waals surface area contributed by atoms with E-state index in [9.17, 15) is 0 Å². The third kappa shape index (κ3) is 3.17. The minimum absolute atomic E-state index is 1.13. The van der Waals surface area contributed by atoms with Crippen molar-refractivity contribution < 1.29 is 4.57 Å². The van der Waals surface area contributed by atoms with Gasteiger partial charge in [-0.1, -0.05) is 26.7 Å². The summed E-state index contributed by atoms with van der Waals surface area (Å²) >= 11 is 0. The van der Waals surface area contributed by atoms with Crippen molar-refractivity contribution in [1.29, 1.82) is 0 Å². The van der Waals surface area contributed by atoms with Crippen LogP contribution in [0, 0.1) is 0 Å². The molecule has 0 radical (unpaired) electrons. The standard InChI is InChI=1S/C12H23N2/c1-4-6-7-8-9-14-11-13(3)10-12(14)5-2/h10-11H,4-9H2,1-3H3/q+1. The third-order valence-electron chi connectivity index (χ3n) is 2.66. The van der Waals surface area contributed by atoms with Crippen molar-refractivity contribution in [3.05, 3.63) is 18.2 Å². The van der Waals surface area contributed by atoms with E-state index < -0.39 is 0 Å². The smallest absolute Gasteiger partial charge is 0.239 e. The molecule has 0 aliphatic rings. The summed E-state index contributed by atoms with van der Waals surface area (Å²) in [4.78, 5) is 0. The number of hydrogen-bond acceptors (Lipinski definition) is 0. The number of unbranched alkanes of at least 4 members (excludes halogenated alkanes) is 3.